The molecule has 0 saturated carbocycles. The van der Waals surface area contributed by atoms with Crippen molar-refractivity contribution in [2.75, 3.05) is 6.54 Å². The van der Waals surface area contributed by atoms with E-state index >= 15 is 0 Å². The van der Waals surface area contributed by atoms with Gasteiger partial charge in [-0.15, -0.1) is 0 Å². The molecule has 0 aromatic rings. The Morgan fingerprint density at radius 1 is 1.27 bits per heavy atom. The summed E-state index contributed by atoms with van der Waals surface area (Å²) in [5, 5.41) is 12.5. The van der Waals surface area contributed by atoms with Gasteiger partial charge in [-0.1, -0.05) is 20.8 Å². The standard InChI is InChI=1S/C17H32N2O3/c1-11(2)10-12(3)14(15(20)18-17(4,5)6)19-9-7-8-13(19)16(21)22/h11-14H,7-10H2,1-6H3,(H,18,20)(H,21,22)/t12-,13-,14-/m0/s1. The Balaban J connectivity index is 3.00. The zero-order chi connectivity index (χ0) is 17.1. The lowest BCUT2D eigenvalue weighted by atomic mass is 9.89. The maximum Gasteiger partial charge on any atom is 0.320 e. The zero-order valence-electron chi connectivity index (χ0n) is 14.8. The zero-order valence-corrected chi connectivity index (χ0v) is 14.8. The van der Waals surface area contributed by atoms with E-state index in [1.54, 1.807) is 0 Å². The smallest absolute Gasteiger partial charge is 0.320 e. The van der Waals surface area contributed by atoms with Crippen LogP contribution in [0.15, 0.2) is 0 Å². The van der Waals surface area contributed by atoms with Gasteiger partial charge >= 0.3 is 5.97 Å². The van der Waals surface area contributed by atoms with Crippen LogP contribution in [0, 0.1) is 11.8 Å². The summed E-state index contributed by atoms with van der Waals surface area (Å²) in [4.78, 5) is 26.2. The molecule has 0 radical (unpaired) electrons. The Morgan fingerprint density at radius 3 is 2.32 bits per heavy atom. The molecule has 5 heteroatoms. The molecule has 0 bridgehead atoms. The highest BCUT2D eigenvalue weighted by molar-refractivity contribution is 5.84. The van der Waals surface area contributed by atoms with Crippen molar-refractivity contribution < 1.29 is 14.7 Å². The second kappa shape index (κ2) is 7.44. The quantitative estimate of drug-likeness (QED) is 0.790. The molecule has 3 atom stereocenters. The van der Waals surface area contributed by atoms with Crippen molar-refractivity contribution in [3.8, 4) is 0 Å². The van der Waals surface area contributed by atoms with E-state index in [-0.39, 0.29) is 23.4 Å². The number of hydrogen-bond acceptors (Lipinski definition) is 3. The van der Waals surface area contributed by atoms with Crippen LogP contribution >= 0.6 is 0 Å². The third-order valence-corrected chi connectivity index (χ3v) is 4.09. The molecule has 0 spiro atoms. The van der Waals surface area contributed by atoms with Gasteiger partial charge in [0, 0.05) is 5.54 Å². The van der Waals surface area contributed by atoms with E-state index < -0.39 is 12.0 Å². The van der Waals surface area contributed by atoms with E-state index in [1.165, 1.54) is 0 Å². The molecule has 5 nitrogen and oxygen atoms in total. The lowest BCUT2D eigenvalue weighted by Gasteiger charge is -2.36. The van der Waals surface area contributed by atoms with Crippen LogP contribution in [0.4, 0.5) is 0 Å². The van der Waals surface area contributed by atoms with Crippen molar-refractivity contribution >= 4 is 11.9 Å². The highest BCUT2D eigenvalue weighted by Gasteiger charge is 2.41. The number of nitrogens with zero attached hydrogens (tertiary/aromatic N) is 1. The van der Waals surface area contributed by atoms with Gasteiger partial charge < -0.3 is 10.4 Å². The van der Waals surface area contributed by atoms with Gasteiger partial charge in [-0.05, 0) is 58.4 Å². The summed E-state index contributed by atoms with van der Waals surface area (Å²) in [5.74, 6) is -0.260. The first-order valence-electron chi connectivity index (χ1n) is 8.33. The van der Waals surface area contributed by atoms with Crippen LogP contribution in [0.3, 0.4) is 0 Å². The lowest BCUT2D eigenvalue weighted by Crippen LogP contribution is -2.57. The number of carbonyl (C=O) groups excluding carboxylic acids is 1. The molecular formula is C17H32N2O3. The minimum absolute atomic E-state index is 0.0474. The summed E-state index contributed by atoms with van der Waals surface area (Å²) in [6, 6.07) is -0.907. The number of aliphatic carboxylic acids is 1. The lowest BCUT2D eigenvalue weighted by molar-refractivity contribution is -0.145. The van der Waals surface area contributed by atoms with E-state index in [4.69, 9.17) is 0 Å². The van der Waals surface area contributed by atoms with Crippen molar-refractivity contribution in [2.45, 2.75) is 78.4 Å². The summed E-state index contributed by atoms with van der Waals surface area (Å²) >= 11 is 0. The first-order chi connectivity index (χ1) is 10.0. The topological polar surface area (TPSA) is 69.6 Å². The van der Waals surface area contributed by atoms with Gasteiger partial charge in [0.25, 0.3) is 0 Å². The van der Waals surface area contributed by atoms with Crippen LogP contribution in [0.5, 0.6) is 0 Å². The van der Waals surface area contributed by atoms with Gasteiger partial charge in [0.15, 0.2) is 0 Å². The minimum Gasteiger partial charge on any atom is -0.480 e. The number of carbonyl (C=O) groups is 2. The van der Waals surface area contributed by atoms with Crippen LogP contribution in [-0.2, 0) is 9.59 Å². The van der Waals surface area contributed by atoms with E-state index in [1.807, 2.05) is 25.7 Å². The monoisotopic (exact) mass is 312 g/mol. The number of nitrogens with one attached hydrogen (secondary N) is 1. The molecule has 2 N–H and O–H groups in total. The van der Waals surface area contributed by atoms with Gasteiger partial charge in [0.2, 0.25) is 5.91 Å². The van der Waals surface area contributed by atoms with Gasteiger partial charge in [-0.3, -0.25) is 14.5 Å². The van der Waals surface area contributed by atoms with Crippen LogP contribution in [-0.4, -0.2) is 46.1 Å². The Kier molecular flexibility index (Phi) is 6.41. The molecule has 22 heavy (non-hydrogen) atoms. The first kappa shape index (κ1) is 18.9. The van der Waals surface area contributed by atoms with Crippen LogP contribution in [0.2, 0.25) is 0 Å². The molecule has 1 aliphatic rings. The molecule has 0 aliphatic carbocycles. The molecular weight excluding hydrogens is 280 g/mol. The first-order valence-corrected chi connectivity index (χ1v) is 8.33. The number of hydrogen-bond donors (Lipinski definition) is 2. The largest absolute Gasteiger partial charge is 0.480 e. The average Bonchev–Trinajstić information content (AvgIpc) is 2.74. The number of carboxylic acids is 1. The van der Waals surface area contributed by atoms with Crippen molar-refractivity contribution in [3.05, 3.63) is 0 Å². The summed E-state index contributed by atoms with van der Waals surface area (Å²) in [7, 11) is 0. The molecule has 1 heterocycles. The third kappa shape index (κ3) is 5.27. The molecule has 1 amide bonds. The van der Waals surface area contributed by atoms with Crippen molar-refractivity contribution in [1.29, 1.82) is 0 Å². The second-order valence-corrected chi connectivity index (χ2v) is 8.03. The molecule has 0 aromatic carbocycles. The van der Waals surface area contributed by atoms with Gasteiger partial charge in [-0.25, -0.2) is 0 Å². The SMILES string of the molecule is CC(C)C[C@H](C)[C@@H](C(=O)NC(C)(C)C)N1CCC[C@H]1C(=O)O. The Labute approximate surface area is 134 Å². The summed E-state index contributed by atoms with van der Waals surface area (Å²) in [6.07, 6.45) is 2.37. The van der Waals surface area contributed by atoms with E-state index in [2.05, 4.69) is 26.1 Å². The summed E-state index contributed by atoms with van der Waals surface area (Å²) in [5.41, 5.74) is -0.314. The molecule has 128 valence electrons. The summed E-state index contributed by atoms with van der Waals surface area (Å²) in [6.45, 7) is 12.9. The fourth-order valence-electron chi connectivity index (χ4n) is 3.44. The van der Waals surface area contributed by atoms with E-state index in [0.717, 1.165) is 12.8 Å². The minimum atomic E-state index is -0.817. The number of rotatable bonds is 6. The van der Waals surface area contributed by atoms with E-state index in [0.29, 0.717) is 18.9 Å². The fraction of sp³-hybridized carbons (Fsp3) is 0.882. The molecule has 0 aromatic heterocycles. The fourth-order valence-corrected chi connectivity index (χ4v) is 3.44. The van der Waals surface area contributed by atoms with Crippen LogP contribution < -0.4 is 5.32 Å². The highest BCUT2D eigenvalue weighted by atomic mass is 16.4. The molecule has 1 saturated heterocycles. The molecule has 1 fully saturated rings. The van der Waals surface area contributed by atoms with Crippen molar-refractivity contribution in [2.24, 2.45) is 11.8 Å². The Bertz CT molecular complexity index is 401. The third-order valence-electron chi connectivity index (χ3n) is 4.09. The van der Waals surface area contributed by atoms with Crippen molar-refractivity contribution in [3.63, 3.8) is 0 Å². The van der Waals surface area contributed by atoms with Crippen LogP contribution in [0.25, 0.3) is 0 Å². The average molecular weight is 312 g/mol. The second-order valence-electron chi connectivity index (χ2n) is 8.03. The number of likely N-dealkylation sites (tertiary alicyclic amines) is 1. The Morgan fingerprint density at radius 2 is 1.86 bits per heavy atom. The molecule has 0 unspecified atom stereocenters. The number of amides is 1. The van der Waals surface area contributed by atoms with Gasteiger partial charge in [0.05, 0.1) is 6.04 Å². The van der Waals surface area contributed by atoms with Gasteiger partial charge in [-0.2, -0.15) is 0 Å². The Hall–Kier alpha value is -1.10. The van der Waals surface area contributed by atoms with Crippen molar-refractivity contribution in [1.82, 2.24) is 10.2 Å². The van der Waals surface area contributed by atoms with E-state index in [9.17, 15) is 14.7 Å². The van der Waals surface area contributed by atoms with Crippen LogP contribution in [0.1, 0.15) is 60.8 Å². The highest BCUT2D eigenvalue weighted by Crippen LogP contribution is 2.28. The summed E-state index contributed by atoms with van der Waals surface area (Å²) < 4.78 is 0. The molecule has 1 aliphatic heterocycles. The molecule has 1 rings (SSSR count). The maximum absolute atomic E-state index is 12.8. The normalized spacial score (nSPS) is 22.6. The predicted octanol–water partition coefficient (Wildman–Crippen LogP) is 2.50. The maximum atomic E-state index is 12.8. The van der Waals surface area contributed by atoms with Gasteiger partial charge in [0.1, 0.15) is 6.04 Å². The number of carboxylic acid groups (broad SMARTS) is 1. The predicted molar refractivity (Wildman–Crippen MR) is 87.7 cm³/mol.